The van der Waals surface area contributed by atoms with Crippen molar-refractivity contribution in [2.24, 2.45) is 0 Å². The predicted molar refractivity (Wildman–Crippen MR) is 96.6 cm³/mol. The first kappa shape index (κ1) is 21.0. The highest BCUT2D eigenvalue weighted by atomic mass is 19.4. The Balaban J connectivity index is 2.80. The highest BCUT2D eigenvalue weighted by molar-refractivity contribution is 5.88. The zero-order valence-corrected chi connectivity index (χ0v) is 16.0. The number of methoxy groups -OCH3 is 1. The molecule has 27 heavy (non-hydrogen) atoms. The molecular formula is C21H23F3O3. The number of alkyl halides is 3. The Morgan fingerprint density at radius 2 is 1.22 bits per heavy atom. The highest BCUT2D eigenvalue weighted by Crippen LogP contribution is 2.41. The SMILES string of the molecule is COC(C(=O)OCC(F)(F)F)(c1c(C)cccc1C)c1c(C)cccc1C. The molecule has 0 spiro atoms. The molecule has 0 atom stereocenters. The molecule has 0 aromatic heterocycles. The fourth-order valence-electron chi connectivity index (χ4n) is 3.61. The van der Waals surface area contributed by atoms with Crippen LogP contribution >= 0.6 is 0 Å². The molecule has 0 saturated carbocycles. The molecule has 2 aromatic carbocycles. The van der Waals surface area contributed by atoms with Crippen LogP contribution in [-0.2, 0) is 19.9 Å². The van der Waals surface area contributed by atoms with Crippen molar-refractivity contribution in [3.8, 4) is 0 Å². The van der Waals surface area contributed by atoms with Gasteiger partial charge in [-0.3, -0.25) is 0 Å². The van der Waals surface area contributed by atoms with Crippen LogP contribution in [0.2, 0.25) is 0 Å². The van der Waals surface area contributed by atoms with Crippen LogP contribution in [0, 0.1) is 27.7 Å². The molecule has 6 heteroatoms. The van der Waals surface area contributed by atoms with E-state index in [1.807, 2.05) is 12.1 Å². The van der Waals surface area contributed by atoms with Gasteiger partial charge in [0.2, 0.25) is 5.60 Å². The summed E-state index contributed by atoms with van der Waals surface area (Å²) in [6, 6.07) is 10.8. The molecule has 2 rings (SSSR count). The Morgan fingerprint density at radius 3 is 1.52 bits per heavy atom. The van der Waals surface area contributed by atoms with E-state index in [4.69, 9.17) is 9.47 Å². The van der Waals surface area contributed by atoms with Crippen LogP contribution in [0.4, 0.5) is 13.2 Å². The fraction of sp³-hybridized carbons (Fsp3) is 0.381. The van der Waals surface area contributed by atoms with E-state index < -0.39 is 24.4 Å². The molecule has 0 aliphatic heterocycles. The van der Waals surface area contributed by atoms with Crippen LogP contribution in [0.1, 0.15) is 33.4 Å². The van der Waals surface area contributed by atoms with Gasteiger partial charge in [0.05, 0.1) is 0 Å². The van der Waals surface area contributed by atoms with Crippen molar-refractivity contribution in [2.45, 2.75) is 39.5 Å². The zero-order valence-electron chi connectivity index (χ0n) is 16.0. The van der Waals surface area contributed by atoms with Crippen LogP contribution in [-0.4, -0.2) is 25.9 Å². The van der Waals surface area contributed by atoms with E-state index in [0.29, 0.717) is 11.1 Å². The van der Waals surface area contributed by atoms with Gasteiger partial charge in [0.15, 0.2) is 6.61 Å². The number of hydrogen-bond donors (Lipinski definition) is 0. The normalized spacial score (nSPS) is 12.1. The lowest BCUT2D eigenvalue weighted by Crippen LogP contribution is -2.44. The molecule has 0 radical (unpaired) electrons. The molecule has 0 N–H and O–H groups in total. The summed E-state index contributed by atoms with van der Waals surface area (Å²) >= 11 is 0. The van der Waals surface area contributed by atoms with E-state index >= 15 is 0 Å². The lowest BCUT2D eigenvalue weighted by Gasteiger charge is -2.35. The Hall–Kier alpha value is -2.34. The number of carbonyl (C=O) groups excluding carboxylic acids is 1. The van der Waals surface area contributed by atoms with Gasteiger partial charge in [0.25, 0.3) is 0 Å². The molecule has 146 valence electrons. The summed E-state index contributed by atoms with van der Waals surface area (Å²) in [5.41, 5.74) is 2.10. The van der Waals surface area contributed by atoms with E-state index in [9.17, 15) is 18.0 Å². The van der Waals surface area contributed by atoms with Crippen molar-refractivity contribution in [3.63, 3.8) is 0 Å². The molecule has 3 nitrogen and oxygen atoms in total. The average molecular weight is 380 g/mol. The summed E-state index contributed by atoms with van der Waals surface area (Å²) < 4.78 is 48.6. The number of rotatable bonds is 5. The number of halogens is 3. The summed E-state index contributed by atoms with van der Waals surface area (Å²) in [6.07, 6.45) is -4.63. The molecular weight excluding hydrogens is 357 g/mol. The molecule has 0 aliphatic carbocycles. The highest BCUT2D eigenvalue weighted by Gasteiger charge is 2.49. The molecule has 0 fully saturated rings. The lowest BCUT2D eigenvalue weighted by molar-refractivity contribution is -0.199. The van der Waals surface area contributed by atoms with E-state index in [-0.39, 0.29) is 0 Å². The Bertz CT molecular complexity index is 749. The summed E-state index contributed by atoms with van der Waals surface area (Å²) in [7, 11) is 1.31. The largest absolute Gasteiger partial charge is 0.453 e. The van der Waals surface area contributed by atoms with Crippen molar-refractivity contribution >= 4 is 5.97 Å². The van der Waals surface area contributed by atoms with E-state index in [2.05, 4.69) is 0 Å². The van der Waals surface area contributed by atoms with E-state index in [1.54, 1.807) is 52.0 Å². The third-order valence-corrected chi connectivity index (χ3v) is 4.63. The summed E-state index contributed by atoms with van der Waals surface area (Å²) in [5.74, 6) is -1.09. The maximum Gasteiger partial charge on any atom is 0.422 e. The first-order valence-electron chi connectivity index (χ1n) is 8.47. The summed E-state index contributed by atoms with van der Waals surface area (Å²) in [6.45, 7) is 5.50. The van der Waals surface area contributed by atoms with Crippen molar-refractivity contribution in [2.75, 3.05) is 13.7 Å². The molecule has 0 unspecified atom stereocenters. The quantitative estimate of drug-likeness (QED) is 0.691. The van der Waals surface area contributed by atoms with Crippen molar-refractivity contribution in [1.29, 1.82) is 0 Å². The van der Waals surface area contributed by atoms with Crippen molar-refractivity contribution in [1.82, 2.24) is 0 Å². The van der Waals surface area contributed by atoms with Gasteiger partial charge in [0, 0.05) is 18.2 Å². The Kier molecular flexibility index (Phi) is 6.00. The molecule has 0 saturated heterocycles. The summed E-state index contributed by atoms with van der Waals surface area (Å²) in [5, 5.41) is 0. The second-order valence-electron chi connectivity index (χ2n) is 6.61. The van der Waals surface area contributed by atoms with Gasteiger partial charge in [0.1, 0.15) is 0 Å². The van der Waals surface area contributed by atoms with Gasteiger partial charge in [-0.05, 0) is 49.9 Å². The van der Waals surface area contributed by atoms with Crippen LogP contribution < -0.4 is 0 Å². The van der Waals surface area contributed by atoms with E-state index in [0.717, 1.165) is 22.3 Å². The number of ether oxygens (including phenoxy) is 2. The maximum atomic E-state index is 13.1. The van der Waals surface area contributed by atoms with Gasteiger partial charge < -0.3 is 9.47 Å². The first-order chi connectivity index (χ1) is 12.5. The molecule has 0 bridgehead atoms. The average Bonchev–Trinajstić information content (AvgIpc) is 2.57. The summed E-state index contributed by atoms with van der Waals surface area (Å²) in [4.78, 5) is 13.1. The number of benzene rings is 2. The predicted octanol–water partition coefficient (Wildman–Crippen LogP) is 4.92. The van der Waals surface area contributed by atoms with Gasteiger partial charge in [-0.1, -0.05) is 36.4 Å². The zero-order chi connectivity index (χ0) is 20.4. The Morgan fingerprint density at radius 1 is 0.852 bits per heavy atom. The van der Waals surface area contributed by atoms with Gasteiger partial charge in [-0.25, -0.2) is 4.79 Å². The molecule has 0 heterocycles. The maximum absolute atomic E-state index is 13.1. The van der Waals surface area contributed by atoms with Crippen LogP contribution in [0.5, 0.6) is 0 Å². The minimum absolute atomic E-state index is 0.497. The number of aryl methyl sites for hydroxylation is 4. The van der Waals surface area contributed by atoms with Gasteiger partial charge in [-0.15, -0.1) is 0 Å². The van der Waals surface area contributed by atoms with E-state index in [1.165, 1.54) is 7.11 Å². The topological polar surface area (TPSA) is 35.5 Å². The monoisotopic (exact) mass is 380 g/mol. The van der Waals surface area contributed by atoms with Crippen molar-refractivity contribution < 1.29 is 27.4 Å². The van der Waals surface area contributed by atoms with Gasteiger partial charge >= 0.3 is 12.1 Å². The van der Waals surface area contributed by atoms with Crippen LogP contribution in [0.3, 0.4) is 0 Å². The van der Waals surface area contributed by atoms with Crippen LogP contribution in [0.15, 0.2) is 36.4 Å². The lowest BCUT2D eigenvalue weighted by atomic mass is 9.77. The smallest absolute Gasteiger partial charge is 0.422 e. The second-order valence-corrected chi connectivity index (χ2v) is 6.61. The minimum atomic E-state index is -4.63. The molecule has 2 aromatic rings. The van der Waals surface area contributed by atoms with Gasteiger partial charge in [-0.2, -0.15) is 13.2 Å². The molecule has 0 aliphatic rings. The van der Waals surface area contributed by atoms with Crippen LogP contribution in [0.25, 0.3) is 0 Å². The minimum Gasteiger partial charge on any atom is -0.453 e. The molecule has 0 amide bonds. The number of carbonyl (C=O) groups is 1. The first-order valence-corrected chi connectivity index (χ1v) is 8.47. The Labute approximate surface area is 157 Å². The number of esters is 1. The number of hydrogen-bond acceptors (Lipinski definition) is 3. The third kappa shape index (κ3) is 4.00. The second kappa shape index (κ2) is 7.72. The van der Waals surface area contributed by atoms with Crippen molar-refractivity contribution in [3.05, 3.63) is 69.8 Å². The standard InChI is InChI=1S/C21H23F3O3/c1-13-8-6-9-14(2)17(13)21(26-5,19(25)27-12-20(22,23)24)18-15(3)10-7-11-16(18)4/h6-11H,12H2,1-5H3. The third-order valence-electron chi connectivity index (χ3n) is 4.63. The fourth-order valence-corrected chi connectivity index (χ4v) is 3.61.